The quantitative estimate of drug-likeness (QED) is 0.871. The zero-order valence-corrected chi connectivity index (χ0v) is 10.4. The van der Waals surface area contributed by atoms with Crippen LogP contribution in [0.1, 0.15) is 24.4 Å². The van der Waals surface area contributed by atoms with Crippen molar-refractivity contribution in [1.29, 1.82) is 0 Å². The summed E-state index contributed by atoms with van der Waals surface area (Å²) < 4.78 is 19.0. The average Bonchev–Trinajstić information content (AvgIpc) is 2.86. The van der Waals surface area contributed by atoms with Crippen molar-refractivity contribution in [2.75, 3.05) is 26.2 Å². The van der Waals surface area contributed by atoms with Crippen molar-refractivity contribution < 1.29 is 9.13 Å². The van der Waals surface area contributed by atoms with Crippen molar-refractivity contribution in [3.63, 3.8) is 0 Å². The van der Waals surface area contributed by atoms with Crippen LogP contribution in [-0.4, -0.2) is 31.1 Å². The molecule has 98 valence electrons. The molecule has 0 aliphatic carbocycles. The third-order valence-corrected chi connectivity index (χ3v) is 3.98. The molecular formula is C14H19FN2O. The first-order valence-corrected chi connectivity index (χ1v) is 6.64. The highest BCUT2D eigenvalue weighted by Gasteiger charge is 2.30. The highest BCUT2D eigenvalue weighted by Crippen LogP contribution is 2.34. The summed E-state index contributed by atoms with van der Waals surface area (Å²) >= 11 is 0. The molecule has 2 aliphatic heterocycles. The van der Waals surface area contributed by atoms with Gasteiger partial charge in [0, 0.05) is 24.1 Å². The number of hydrogen-bond acceptors (Lipinski definition) is 3. The van der Waals surface area contributed by atoms with Gasteiger partial charge in [-0.3, -0.25) is 0 Å². The Morgan fingerprint density at radius 3 is 2.89 bits per heavy atom. The molecule has 0 amide bonds. The summed E-state index contributed by atoms with van der Waals surface area (Å²) in [6.45, 7) is 3.89. The lowest BCUT2D eigenvalue weighted by Crippen LogP contribution is -2.39. The lowest BCUT2D eigenvalue weighted by atomic mass is 9.91. The topological polar surface area (TPSA) is 38.5 Å². The largest absolute Gasteiger partial charge is 0.493 e. The van der Waals surface area contributed by atoms with Gasteiger partial charge in [-0.05, 0) is 44.1 Å². The molecule has 0 bridgehead atoms. The molecule has 0 radical (unpaired) electrons. The lowest BCUT2D eigenvalue weighted by Gasteiger charge is -2.33. The molecule has 3 nitrogen and oxygen atoms in total. The Balaban J connectivity index is 1.75. The summed E-state index contributed by atoms with van der Waals surface area (Å²) in [4.78, 5) is 2.43. The molecule has 2 atom stereocenters. The first-order chi connectivity index (χ1) is 8.74. The molecule has 2 N–H and O–H groups in total. The lowest BCUT2D eigenvalue weighted by molar-refractivity contribution is 0.151. The molecule has 0 aromatic heterocycles. The molecule has 18 heavy (non-hydrogen) atoms. The van der Waals surface area contributed by atoms with E-state index in [2.05, 4.69) is 4.90 Å². The Labute approximate surface area is 107 Å². The maximum atomic E-state index is 13.3. The van der Waals surface area contributed by atoms with Crippen molar-refractivity contribution >= 4 is 0 Å². The van der Waals surface area contributed by atoms with E-state index in [9.17, 15) is 4.39 Å². The normalized spacial score (nSPS) is 27.9. The van der Waals surface area contributed by atoms with Crippen molar-refractivity contribution in [2.45, 2.75) is 18.9 Å². The summed E-state index contributed by atoms with van der Waals surface area (Å²) in [6.07, 6.45) is 2.54. The van der Waals surface area contributed by atoms with Gasteiger partial charge in [0.05, 0.1) is 6.61 Å². The van der Waals surface area contributed by atoms with E-state index < -0.39 is 0 Å². The van der Waals surface area contributed by atoms with E-state index >= 15 is 0 Å². The van der Waals surface area contributed by atoms with Gasteiger partial charge in [-0.2, -0.15) is 0 Å². The zero-order chi connectivity index (χ0) is 12.5. The first kappa shape index (κ1) is 11.9. The van der Waals surface area contributed by atoms with Gasteiger partial charge in [0.2, 0.25) is 0 Å². The summed E-state index contributed by atoms with van der Waals surface area (Å²) in [5.74, 6) is 0.758. The van der Waals surface area contributed by atoms with Gasteiger partial charge in [-0.1, -0.05) is 0 Å². The second-order valence-corrected chi connectivity index (χ2v) is 5.29. The smallest absolute Gasteiger partial charge is 0.124 e. The molecule has 4 heteroatoms. The Hall–Kier alpha value is -1.13. The zero-order valence-electron chi connectivity index (χ0n) is 10.4. The SMILES string of the molecule is NC1c2cc(F)ccc2OCC1CN1CCCC1. The van der Waals surface area contributed by atoms with E-state index in [-0.39, 0.29) is 17.8 Å². The standard InChI is InChI=1S/C14H19FN2O/c15-11-3-4-13-12(7-11)14(16)10(9-18-13)8-17-5-1-2-6-17/h3-4,7,10,14H,1-2,5-6,8-9,16H2. The highest BCUT2D eigenvalue weighted by atomic mass is 19.1. The molecule has 0 spiro atoms. The molecule has 1 aromatic rings. The first-order valence-electron chi connectivity index (χ1n) is 6.64. The van der Waals surface area contributed by atoms with Crippen molar-refractivity contribution in [3.8, 4) is 5.75 Å². The van der Waals surface area contributed by atoms with Gasteiger partial charge in [0.25, 0.3) is 0 Å². The third kappa shape index (κ3) is 2.22. The van der Waals surface area contributed by atoms with Crippen molar-refractivity contribution in [1.82, 2.24) is 4.90 Å². The van der Waals surface area contributed by atoms with E-state index in [0.29, 0.717) is 6.61 Å². The minimum atomic E-state index is -0.241. The van der Waals surface area contributed by atoms with Crippen LogP contribution in [0.4, 0.5) is 4.39 Å². The Bertz CT molecular complexity index is 432. The number of likely N-dealkylation sites (tertiary alicyclic amines) is 1. The predicted molar refractivity (Wildman–Crippen MR) is 68.0 cm³/mol. The van der Waals surface area contributed by atoms with E-state index in [1.54, 1.807) is 6.07 Å². The van der Waals surface area contributed by atoms with Gasteiger partial charge < -0.3 is 15.4 Å². The fraction of sp³-hybridized carbons (Fsp3) is 0.571. The van der Waals surface area contributed by atoms with Crippen LogP contribution in [0.2, 0.25) is 0 Å². The van der Waals surface area contributed by atoms with E-state index in [0.717, 1.165) is 30.9 Å². The summed E-state index contributed by atoms with van der Waals surface area (Å²) in [6, 6.07) is 4.49. The molecule has 2 heterocycles. The van der Waals surface area contributed by atoms with Crippen LogP contribution in [0.25, 0.3) is 0 Å². The molecule has 3 rings (SSSR count). The number of hydrogen-bond donors (Lipinski definition) is 1. The number of ether oxygens (including phenoxy) is 1. The van der Waals surface area contributed by atoms with Crippen LogP contribution in [0, 0.1) is 11.7 Å². The van der Waals surface area contributed by atoms with Crippen LogP contribution in [-0.2, 0) is 0 Å². The fourth-order valence-corrected chi connectivity index (χ4v) is 2.93. The second kappa shape index (κ2) is 4.86. The molecule has 2 unspecified atom stereocenters. The number of fused-ring (bicyclic) bond motifs is 1. The maximum Gasteiger partial charge on any atom is 0.124 e. The molecule has 2 aliphatic rings. The summed E-state index contributed by atoms with van der Waals surface area (Å²) in [5.41, 5.74) is 7.07. The average molecular weight is 250 g/mol. The summed E-state index contributed by atoms with van der Waals surface area (Å²) in [7, 11) is 0. The van der Waals surface area contributed by atoms with E-state index in [1.807, 2.05) is 0 Å². The van der Waals surface area contributed by atoms with Gasteiger partial charge in [0.1, 0.15) is 11.6 Å². The third-order valence-electron chi connectivity index (χ3n) is 3.98. The maximum absolute atomic E-state index is 13.3. The van der Waals surface area contributed by atoms with Crippen LogP contribution >= 0.6 is 0 Å². The Morgan fingerprint density at radius 1 is 1.33 bits per heavy atom. The van der Waals surface area contributed by atoms with Crippen LogP contribution < -0.4 is 10.5 Å². The highest BCUT2D eigenvalue weighted by molar-refractivity contribution is 5.38. The predicted octanol–water partition coefficient (Wildman–Crippen LogP) is 1.93. The molecule has 1 saturated heterocycles. The van der Waals surface area contributed by atoms with Gasteiger partial charge in [-0.15, -0.1) is 0 Å². The minimum Gasteiger partial charge on any atom is -0.493 e. The molecule has 0 saturated carbocycles. The van der Waals surface area contributed by atoms with Gasteiger partial charge in [-0.25, -0.2) is 4.39 Å². The Kier molecular flexibility index (Phi) is 3.22. The number of rotatable bonds is 2. The number of halogens is 1. The number of benzene rings is 1. The van der Waals surface area contributed by atoms with E-state index in [4.69, 9.17) is 10.5 Å². The number of nitrogens with two attached hydrogens (primary N) is 1. The van der Waals surface area contributed by atoms with Gasteiger partial charge in [0.15, 0.2) is 0 Å². The molecule has 1 fully saturated rings. The number of nitrogens with zero attached hydrogens (tertiary/aromatic N) is 1. The minimum absolute atomic E-state index is 0.120. The van der Waals surface area contributed by atoms with E-state index in [1.165, 1.54) is 25.0 Å². The van der Waals surface area contributed by atoms with Crippen molar-refractivity contribution in [3.05, 3.63) is 29.6 Å². The Morgan fingerprint density at radius 2 is 2.11 bits per heavy atom. The molecule has 1 aromatic carbocycles. The second-order valence-electron chi connectivity index (χ2n) is 5.29. The monoisotopic (exact) mass is 250 g/mol. The van der Waals surface area contributed by atoms with Crippen molar-refractivity contribution in [2.24, 2.45) is 11.7 Å². The summed E-state index contributed by atoms with van der Waals surface area (Å²) in [5, 5.41) is 0. The van der Waals surface area contributed by atoms with Crippen LogP contribution in [0.15, 0.2) is 18.2 Å². The molecular weight excluding hydrogens is 231 g/mol. The van der Waals surface area contributed by atoms with Crippen LogP contribution in [0.5, 0.6) is 5.75 Å². The van der Waals surface area contributed by atoms with Gasteiger partial charge >= 0.3 is 0 Å². The fourth-order valence-electron chi connectivity index (χ4n) is 2.93. The van der Waals surface area contributed by atoms with Crippen LogP contribution in [0.3, 0.4) is 0 Å².